The molecule has 2 aromatic rings. The Kier molecular flexibility index (Phi) is 9.64. The third-order valence-electron chi connectivity index (χ3n) is 5.48. The SMILES string of the molecule is C=C1SCN(C(=O)[C@@H](O)[C@H](Cc2ccccc2)NC(=O)COc2cccc(Cl)c2)[C@@H]1C(=O)NC(C)(C)C. The summed E-state index contributed by atoms with van der Waals surface area (Å²) in [6, 6.07) is 13.9. The normalized spacial score (nSPS) is 17.2. The zero-order valence-corrected chi connectivity index (χ0v) is 22.6. The van der Waals surface area contributed by atoms with Gasteiger partial charge in [-0.15, -0.1) is 11.8 Å². The van der Waals surface area contributed by atoms with Gasteiger partial charge in [-0.25, -0.2) is 0 Å². The Balaban J connectivity index is 1.75. The van der Waals surface area contributed by atoms with Gasteiger partial charge >= 0.3 is 0 Å². The molecule has 1 aliphatic heterocycles. The van der Waals surface area contributed by atoms with E-state index in [1.807, 2.05) is 51.1 Å². The number of carbonyl (C=O) groups is 3. The van der Waals surface area contributed by atoms with Crippen LogP contribution in [0.3, 0.4) is 0 Å². The summed E-state index contributed by atoms with van der Waals surface area (Å²) in [5.41, 5.74) is 0.308. The number of rotatable bonds is 9. The molecule has 2 aromatic carbocycles. The van der Waals surface area contributed by atoms with Crippen LogP contribution < -0.4 is 15.4 Å². The summed E-state index contributed by atoms with van der Waals surface area (Å²) in [6.07, 6.45) is -1.41. The number of thioether (sulfide) groups is 1. The van der Waals surface area contributed by atoms with Crippen molar-refractivity contribution in [3.05, 3.63) is 76.7 Å². The maximum Gasteiger partial charge on any atom is 0.258 e. The maximum atomic E-state index is 13.4. The second-order valence-corrected chi connectivity index (χ2v) is 11.3. The number of amides is 3. The fourth-order valence-corrected chi connectivity index (χ4v) is 4.96. The molecule has 10 heteroatoms. The highest BCUT2D eigenvalue weighted by molar-refractivity contribution is 8.03. The summed E-state index contributed by atoms with van der Waals surface area (Å²) >= 11 is 7.23. The van der Waals surface area contributed by atoms with Crippen LogP contribution in [-0.4, -0.2) is 63.9 Å². The number of halogens is 1. The molecular formula is C27H32ClN3O5S. The van der Waals surface area contributed by atoms with E-state index in [0.717, 1.165) is 5.56 Å². The number of carbonyl (C=O) groups excluding carboxylic acids is 3. The fourth-order valence-electron chi connectivity index (χ4n) is 3.80. The van der Waals surface area contributed by atoms with E-state index >= 15 is 0 Å². The van der Waals surface area contributed by atoms with E-state index < -0.39 is 35.5 Å². The van der Waals surface area contributed by atoms with E-state index in [1.165, 1.54) is 16.7 Å². The second-order valence-electron chi connectivity index (χ2n) is 9.74. The first-order valence-corrected chi connectivity index (χ1v) is 13.1. The van der Waals surface area contributed by atoms with Gasteiger partial charge in [-0.1, -0.05) is 54.6 Å². The summed E-state index contributed by atoms with van der Waals surface area (Å²) in [5.74, 6) is -0.978. The molecule has 0 saturated carbocycles. The van der Waals surface area contributed by atoms with E-state index in [9.17, 15) is 19.5 Å². The lowest BCUT2D eigenvalue weighted by atomic mass is 9.99. The van der Waals surface area contributed by atoms with Gasteiger partial charge in [-0.2, -0.15) is 0 Å². The minimum absolute atomic E-state index is 0.167. The molecule has 0 aromatic heterocycles. The van der Waals surface area contributed by atoms with Gasteiger partial charge in [0, 0.05) is 15.5 Å². The van der Waals surface area contributed by atoms with Crippen molar-refractivity contribution < 1.29 is 24.2 Å². The lowest BCUT2D eigenvalue weighted by molar-refractivity contribution is -0.146. The van der Waals surface area contributed by atoms with Crippen LogP contribution in [-0.2, 0) is 20.8 Å². The summed E-state index contributed by atoms with van der Waals surface area (Å²) in [6.45, 7) is 9.12. The smallest absolute Gasteiger partial charge is 0.258 e. The number of hydrogen-bond donors (Lipinski definition) is 3. The first kappa shape index (κ1) is 28.6. The van der Waals surface area contributed by atoms with Gasteiger partial charge in [0.15, 0.2) is 12.7 Å². The zero-order chi connectivity index (χ0) is 27.2. The molecule has 1 fully saturated rings. The van der Waals surface area contributed by atoms with Crippen LogP contribution in [0.2, 0.25) is 5.02 Å². The number of nitrogens with zero attached hydrogens (tertiary/aromatic N) is 1. The number of aliphatic hydroxyl groups excluding tert-OH is 1. The highest BCUT2D eigenvalue weighted by Gasteiger charge is 2.42. The van der Waals surface area contributed by atoms with Crippen LogP contribution in [0.4, 0.5) is 0 Å². The fraction of sp³-hybridized carbons (Fsp3) is 0.370. The van der Waals surface area contributed by atoms with Gasteiger partial charge in [0.05, 0.1) is 11.9 Å². The van der Waals surface area contributed by atoms with Crippen molar-refractivity contribution in [2.24, 2.45) is 0 Å². The number of aliphatic hydroxyl groups is 1. The monoisotopic (exact) mass is 545 g/mol. The van der Waals surface area contributed by atoms with Crippen molar-refractivity contribution in [2.75, 3.05) is 12.5 Å². The molecule has 0 radical (unpaired) electrons. The highest BCUT2D eigenvalue weighted by atomic mass is 35.5. The Hall–Kier alpha value is -3.01. The first-order chi connectivity index (χ1) is 17.4. The van der Waals surface area contributed by atoms with Gasteiger partial charge in [-0.3, -0.25) is 14.4 Å². The third kappa shape index (κ3) is 8.24. The molecule has 37 heavy (non-hydrogen) atoms. The van der Waals surface area contributed by atoms with E-state index in [0.29, 0.717) is 15.7 Å². The predicted octanol–water partition coefficient (Wildman–Crippen LogP) is 3.14. The minimum atomic E-state index is -1.60. The Morgan fingerprint density at radius 2 is 1.89 bits per heavy atom. The van der Waals surface area contributed by atoms with Crippen LogP contribution in [0.25, 0.3) is 0 Å². The second kappa shape index (κ2) is 12.5. The van der Waals surface area contributed by atoms with Gasteiger partial charge in [0.2, 0.25) is 5.91 Å². The topological polar surface area (TPSA) is 108 Å². The summed E-state index contributed by atoms with van der Waals surface area (Å²) in [5, 5.41) is 17.2. The van der Waals surface area contributed by atoms with Crippen molar-refractivity contribution in [1.29, 1.82) is 0 Å². The van der Waals surface area contributed by atoms with Gasteiger partial charge < -0.3 is 25.4 Å². The summed E-state index contributed by atoms with van der Waals surface area (Å²) < 4.78 is 5.51. The third-order valence-corrected chi connectivity index (χ3v) is 6.72. The molecular weight excluding hydrogens is 514 g/mol. The van der Waals surface area contributed by atoms with Crippen LogP contribution in [0, 0.1) is 0 Å². The van der Waals surface area contributed by atoms with Crippen LogP contribution in [0.5, 0.6) is 5.75 Å². The average Bonchev–Trinajstić information content (AvgIpc) is 3.22. The lowest BCUT2D eigenvalue weighted by Gasteiger charge is -2.31. The number of hydrogen-bond acceptors (Lipinski definition) is 6. The van der Waals surface area contributed by atoms with Crippen molar-refractivity contribution in [3.8, 4) is 5.75 Å². The van der Waals surface area contributed by atoms with Crippen LogP contribution in [0.15, 0.2) is 66.1 Å². The Morgan fingerprint density at radius 1 is 1.19 bits per heavy atom. The minimum Gasteiger partial charge on any atom is -0.484 e. The Labute approximate surface area is 226 Å². The molecule has 1 saturated heterocycles. The van der Waals surface area contributed by atoms with Crippen molar-refractivity contribution in [2.45, 2.75) is 50.9 Å². The molecule has 3 amide bonds. The van der Waals surface area contributed by atoms with E-state index in [1.54, 1.807) is 24.3 Å². The van der Waals surface area contributed by atoms with Gasteiger partial charge in [0.1, 0.15) is 11.8 Å². The number of ether oxygens (including phenoxy) is 1. The average molecular weight is 546 g/mol. The van der Waals surface area contributed by atoms with E-state index in [-0.39, 0.29) is 24.8 Å². The summed E-state index contributed by atoms with van der Waals surface area (Å²) in [4.78, 5) is 40.9. The van der Waals surface area contributed by atoms with Crippen molar-refractivity contribution in [3.63, 3.8) is 0 Å². The molecule has 0 spiro atoms. The predicted molar refractivity (Wildman–Crippen MR) is 145 cm³/mol. The van der Waals surface area contributed by atoms with Crippen LogP contribution >= 0.6 is 23.4 Å². The Bertz CT molecular complexity index is 1140. The van der Waals surface area contributed by atoms with Gasteiger partial charge in [0.25, 0.3) is 11.8 Å². The van der Waals surface area contributed by atoms with E-state index in [2.05, 4.69) is 17.2 Å². The molecule has 0 bridgehead atoms. The first-order valence-electron chi connectivity index (χ1n) is 11.8. The Morgan fingerprint density at radius 3 is 2.54 bits per heavy atom. The molecule has 8 nitrogen and oxygen atoms in total. The van der Waals surface area contributed by atoms with Crippen molar-refractivity contribution in [1.82, 2.24) is 15.5 Å². The van der Waals surface area contributed by atoms with Crippen LogP contribution in [0.1, 0.15) is 26.3 Å². The van der Waals surface area contributed by atoms with Crippen molar-refractivity contribution >= 4 is 41.1 Å². The molecule has 3 rings (SSSR count). The summed E-state index contributed by atoms with van der Waals surface area (Å²) in [7, 11) is 0. The molecule has 3 N–H and O–H groups in total. The number of benzene rings is 2. The zero-order valence-electron chi connectivity index (χ0n) is 21.1. The quantitative estimate of drug-likeness (QED) is 0.447. The molecule has 1 heterocycles. The number of nitrogens with one attached hydrogen (secondary N) is 2. The molecule has 3 atom stereocenters. The molecule has 1 aliphatic rings. The van der Waals surface area contributed by atoms with E-state index in [4.69, 9.17) is 16.3 Å². The lowest BCUT2D eigenvalue weighted by Crippen LogP contribution is -2.57. The van der Waals surface area contributed by atoms with Gasteiger partial charge in [-0.05, 0) is 51.0 Å². The molecule has 198 valence electrons. The largest absolute Gasteiger partial charge is 0.484 e. The maximum absolute atomic E-state index is 13.4. The highest BCUT2D eigenvalue weighted by Crippen LogP contribution is 2.33. The molecule has 0 aliphatic carbocycles. The standard InChI is InChI=1S/C27H32ClN3O5S/c1-17-23(25(34)30-27(2,3)4)31(16-37-17)26(35)24(33)21(13-18-9-6-5-7-10-18)29-22(32)15-36-20-12-8-11-19(28)14-20/h5-12,14,21,23-24,33H,1,13,15-16H2,2-4H3,(H,29,32)(H,30,34)/t21-,23-,24-/m0/s1. The molecule has 0 unspecified atom stereocenters.